The van der Waals surface area contributed by atoms with Crippen LogP contribution in [0.2, 0.25) is 0 Å². The first-order valence-corrected chi connectivity index (χ1v) is 10.3. The van der Waals surface area contributed by atoms with E-state index in [1.807, 2.05) is 12.5 Å². The summed E-state index contributed by atoms with van der Waals surface area (Å²) in [5, 5.41) is 2.24. The van der Waals surface area contributed by atoms with Gasteiger partial charge in [-0.3, -0.25) is 19.3 Å². The van der Waals surface area contributed by atoms with E-state index in [1.54, 1.807) is 23.5 Å². The summed E-state index contributed by atoms with van der Waals surface area (Å²) < 4.78 is 0. The van der Waals surface area contributed by atoms with Crippen LogP contribution in [-0.2, 0) is 14.4 Å². The largest absolute Gasteiger partial charge is 0.351 e. The highest BCUT2D eigenvalue weighted by molar-refractivity contribution is 7.98. The molecule has 0 bridgehead atoms. The smallest absolute Gasteiger partial charge is 0.244 e. The highest BCUT2D eigenvalue weighted by atomic mass is 32.2. The van der Waals surface area contributed by atoms with Gasteiger partial charge in [0.1, 0.15) is 6.04 Å². The van der Waals surface area contributed by atoms with Gasteiger partial charge in [-0.05, 0) is 24.7 Å². The molecule has 0 aromatic rings. The van der Waals surface area contributed by atoms with Crippen LogP contribution in [0.5, 0.6) is 0 Å². The van der Waals surface area contributed by atoms with Crippen molar-refractivity contribution < 1.29 is 14.4 Å². The van der Waals surface area contributed by atoms with E-state index >= 15 is 0 Å². The predicted molar refractivity (Wildman–Crippen MR) is 95.4 cm³/mol. The van der Waals surface area contributed by atoms with Gasteiger partial charge < -0.3 is 11.1 Å². The number of thioether (sulfide) groups is 2. The van der Waals surface area contributed by atoms with E-state index in [4.69, 9.17) is 5.73 Å². The maximum atomic E-state index is 12.4. The molecule has 3 atom stereocenters. The Kier molecular flexibility index (Phi) is 8.66. The van der Waals surface area contributed by atoms with Crippen molar-refractivity contribution in [3.05, 3.63) is 0 Å². The molecule has 0 radical (unpaired) electrons. The Bertz CT molecular complexity index is 423. The fourth-order valence-electron chi connectivity index (χ4n) is 2.25. The first kappa shape index (κ1) is 19.7. The number of hydrogen-bond acceptors (Lipinski definition) is 7. The first-order chi connectivity index (χ1) is 10.5. The second-order valence-electron chi connectivity index (χ2n) is 5.02. The monoisotopic (exact) mass is 365 g/mol. The van der Waals surface area contributed by atoms with Gasteiger partial charge in [-0.1, -0.05) is 0 Å². The number of likely N-dealkylation sites (tertiary alicyclic amines) is 1. The molecule has 126 valence electrons. The summed E-state index contributed by atoms with van der Waals surface area (Å²) in [6.07, 6.45) is 4.83. The number of carbonyl (C=O) groups excluding carboxylic acids is 3. The normalized spacial score (nSPS) is 21.1. The van der Waals surface area contributed by atoms with E-state index in [0.29, 0.717) is 0 Å². The zero-order valence-corrected chi connectivity index (χ0v) is 15.3. The van der Waals surface area contributed by atoms with Crippen molar-refractivity contribution in [2.75, 3.05) is 30.6 Å². The van der Waals surface area contributed by atoms with Crippen LogP contribution in [0.15, 0.2) is 0 Å². The number of hydrogen-bond donors (Lipinski definition) is 3. The topological polar surface area (TPSA) is 92.5 Å². The number of nitrogens with zero attached hydrogens (tertiary/aromatic N) is 1. The number of nitrogens with two attached hydrogens (primary N) is 1. The molecule has 0 aliphatic carbocycles. The van der Waals surface area contributed by atoms with Crippen LogP contribution in [0.3, 0.4) is 0 Å². The zero-order chi connectivity index (χ0) is 16.7. The molecule has 3 N–H and O–H groups in total. The number of rotatable bonds is 9. The zero-order valence-electron chi connectivity index (χ0n) is 12.8. The molecule has 0 aromatic carbocycles. The molecule has 0 spiro atoms. The van der Waals surface area contributed by atoms with Crippen molar-refractivity contribution >= 4 is 53.9 Å². The highest BCUT2D eigenvalue weighted by Gasteiger charge is 2.43. The van der Waals surface area contributed by atoms with Crippen molar-refractivity contribution in [2.45, 2.75) is 30.2 Å². The highest BCUT2D eigenvalue weighted by Crippen LogP contribution is 2.20. The summed E-state index contributed by atoms with van der Waals surface area (Å²) in [6, 6.07) is -0.945. The van der Waals surface area contributed by atoms with Gasteiger partial charge in [-0.15, -0.1) is 0 Å². The van der Waals surface area contributed by atoms with Crippen molar-refractivity contribution in [1.82, 2.24) is 10.2 Å². The quantitative estimate of drug-likeness (QED) is 0.393. The van der Waals surface area contributed by atoms with E-state index in [-0.39, 0.29) is 30.8 Å². The van der Waals surface area contributed by atoms with Gasteiger partial charge in [0.15, 0.2) is 0 Å². The van der Waals surface area contributed by atoms with E-state index in [2.05, 4.69) is 17.9 Å². The van der Waals surface area contributed by atoms with Gasteiger partial charge in [-0.25, -0.2) is 0 Å². The molecular weight excluding hydrogens is 342 g/mol. The first-order valence-electron chi connectivity index (χ1n) is 6.98. The Morgan fingerprint density at radius 3 is 2.59 bits per heavy atom. The van der Waals surface area contributed by atoms with E-state index in [9.17, 15) is 14.4 Å². The minimum Gasteiger partial charge on any atom is -0.351 e. The molecule has 3 unspecified atom stereocenters. The second-order valence-corrected chi connectivity index (χ2v) is 7.54. The van der Waals surface area contributed by atoms with E-state index in [1.165, 1.54) is 0 Å². The average Bonchev–Trinajstić information content (AvgIpc) is 2.72. The summed E-state index contributed by atoms with van der Waals surface area (Å²) in [5.41, 5.74) is 5.63. The minimum absolute atomic E-state index is 0.00334. The maximum absolute atomic E-state index is 12.4. The Labute approximate surface area is 145 Å². The molecule has 6 nitrogen and oxygen atoms in total. The molecule has 1 rings (SSSR count). The van der Waals surface area contributed by atoms with E-state index in [0.717, 1.165) is 22.8 Å². The van der Waals surface area contributed by atoms with Crippen molar-refractivity contribution in [2.24, 2.45) is 5.73 Å². The van der Waals surface area contributed by atoms with Crippen LogP contribution < -0.4 is 11.1 Å². The summed E-state index contributed by atoms with van der Waals surface area (Å²) >= 11 is 7.42. The van der Waals surface area contributed by atoms with Crippen LogP contribution in [0.1, 0.15) is 12.8 Å². The fraction of sp³-hybridized carbons (Fsp3) is 0.769. The van der Waals surface area contributed by atoms with Gasteiger partial charge >= 0.3 is 0 Å². The van der Waals surface area contributed by atoms with Crippen LogP contribution in [0.4, 0.5) is 0 Å². The summed E-state index contributed by atoms with van der Waals surface area (Å²) in [7, 11) is 0. The Morgan fingerprint density at radius 2 is 2.14 bits per heavy atom. The third kappa shape index (κ3) is 5.07. The summed E-state index contributed by atoms with van der Waals surface area (Å²) in [5.74, 6) is 0.511. The lowest BCUT2D eigenvalue weighted by Gasteiger charge is -2.27. The van der Waals surface area contributed by atoms with Crippen molar-refractivity contribution in [1.29, 1.82) is 0 Å². The number of amides is 3. The summed E-state index contributed by atoms with van der Waals surface area (Å²) in [6.45, 7) is -0.0850. The second kappa shape index (κ2) is 9.69. The molecule has 3 amide bonds. The van der Waals surface area contributed by atoms with Gasteiger partial charge in [0.25, 0.3) is 0 Å². The maximum Gasteiger partial charge on any atom is 0.244 e. The molecule has 1 fully saturated rings. The number of thiol groups is 1. The van der Waals surface area contributed by atoms with Gasteiger partial charge in [0.05, 0.1) is 5.25 Å². The molecule has 0 saturated carbocycles. The minimum atomic E-state index is -0.948. The molecule has 1 aliphatic rings. The molecule has 0 aromatic heterocycles. The molecule has 9 heteroatoms. The van der Waals surface area contributed by atoms with Crippen LogP contribution >= 0.6 is 36.2 Å². The lowest BCUT2D eigenvalue weighted by molar-refractivity contribution is -0.146. The number of imide groups is 1. The third-order valence-corrected chi connectivity index (χ3v) is 5.16. The van der Waals surface area contributed by atoms with E-state index < -0.39 is 17.2 Å². The SMILES string of the molecule is CSCCC(CSC)NC(=O)C(CN)N1C(=O)CC(S)C1=O. The molecule has 22 heavy (non-hydrogen) atoms. The molecule has 1 saturated heterocycles. The van der Waals surface area contributed by atoms with Gasteiger partial charge in [-0.2, -0.15) is 36.2 Å². The molecule has 1 aliphatic heterocycles. The molecular formula is C13H23N3O3S3. The Morgan fingerprint density at radius 1 is 1.45 bits per heavy atom. The number of nitrogens with one attached hydrogen (secondary N) is 1. The fourth-order valence-corrected chi connectivity index (χ4v) is 3.70. The average molecular weight is 366 g/mol. The lowest BCUT2D eigenvalue weighted by atomic mass is 10.2. The van der Waals surface area contributed by atoms with Crippen molar-refractivity contribution in [3.63, 3.8) is 0 Å². The van der Waals surface area contributed by atoms with Crippen molar-refractivity contribution in [3.8, 4) is 0 Å². The van der Waals surface area contributed by atoms with Gasteiger partial charge in [0.2, 0.25) is 17.7 Å². The Hall–Kier alpha value is -0.380. The summed E-state index contributed by atoms with van der Waals surface area (Å²) in [4.78, 5) is 37.3. The van der Waals surface area contributed by atoms with Crippen LogP contribution in [0.25, 0.3) is 0 Å². The van der Waals surface area contributed by atoms with Crippen LogP contribution in [-0.4, -0.2) is 70.5 Å². The third-order valence-electron chi connectivity index (χ3n) is 3.38. The molecule has 1 heterocycles. The van der Waals surface area contributed by atoms with Gasteiger partial charge in [0, 0.05) is 24.8 Å². The lowest BCUT2D eigenvalue weighted by Crippen LogP contribution is -2.55. The standard InChI is InChI=1S/C13H23N3O3S3/c1-21-4-3-8(7-22-2)15-12(18)9(6-14)16-11(17)5-10(20)13(16)19/h8-10,20H,3-7,14H2,1-2H3,(H,15,18). The van der Waals surface area contributed by atoms with Crippen LogP contribution in [0, 0.1) is 0 Å². The predicted octanol–water partition coefficient (Wildman–Crippen LogP) is -0.0281. The Balaban J connectivity index is 2.74. The number of carbonyl (C=O) groups is 3.